The molecular weight excluding hydrogens is 300 g/mol. The molecular formula is C13H17ClN2O5. The normalized spacial score (nSPS) is 12.2. The standard InChI is InChI=1S/C13H17ClN2O5/c1-3-21-12-5-4-9(6-11(12)16(19)20)10(14)7-15(2)8-13(17)18/h4-6,10H,3,7-8H2,1-2H3,(H,17,18). The number of ether oxygens (including phenoxy) is 1. The minimum absolute atomic E-state index is 0.150. The third-order valence-corrected chi connectivity index (χ3v) is 3.11. The van der Waals surface area contributed by atoms with Crippen molar-refractivity contribution in [2.75, 3.05) is 26.7 Å². The minimum Gasteiger partial charge on any atom is -0.487 e. The van der Waals surface area contributed by atoms with Gasteiger partial charge in [0.15, 0.2) is 5.75 Å². The van der Waals surface area contributed by atoms with Crippen molar-refractivity contribution in [1.82, 2.24) is 4.90 Å². The third-order valence-electron chi connectivity index (χ3n) is 2.72. The topological polar surface area (TPSA) is 92.9 Å². The number of carboxylic acids is 1. The Bertz CT molecular complexity index is 523. The Labute approximate surface area is 127 Å². The van der Waals surface area contributed by atoms with Crippen molar-refractivity contribution in [3.05, 3.63) is 33.9 Å². The Morgan fingerprint density at radius 3 is 2.76 bits per heavy atom. The number of halogens is 1. The van der Waals surface area contributed by atoms with Gasteiger partial charge in [-0.3, -0.25) is 19.8 Å². The number of alkyl halides is 1. The third kappa shape index (κ3) is 5.20. The van der Waals surface area contributed by atoms with Crippen LogP contribution in [0.3, 0.4) is 0 Å². The number of aliphatic carboxylic acids is 1. The summed E-state index contributed by atoms with van der Waals surface area (Å²) in [6.45, 7) is 2.18. The molecule has 1 atom stereocenters. The molecule has 21 heavy (non-hydrogen) atoms. The second-order valence-electron chi connectivity index (χ2n) is 4.48. The summed E-state index contributed by atoms with van der Waals surface area (Å²) < 4.78 is 5.19. The molecule has 0 aliphatic rings. The van der Waals surface area contributed by atoms with Gasteiger partial charge in [-0.1, -0.05) is 6.07 Å². The summed E-state index contributed by atoms with van der Waals surface area (Å²) in [6.07, 6.45) is 0. The number of likely N-dealkylation sites (N-methyl/N-ethyl adjacent to an activating group) is 1. The van der Waals surface area contributed by atoms with E-state index in [1.807, 2.05) is 0 Å². The highest BCUT2D eigenvalue weighted by atomic mass is 35.5. The van der Waals surface area contributed by atoms with Gasteiger partial charge in [0.1, 0.15) is 0 Å². The molecule has 0 fully saturated rings. The first-order valence-corrected chi connectivity index (χ1v) is 6.74. The molecule has 1 aromatic rings. The number of hydrogen-bond acceptors (Lipinski definition) is 5. The lowest BCUT2D eigenvalue weighted by atomic mass is 10.1. The molecule has 0 heterocycles. The summed E-state index contributed by atoms with van der Waals surface area (Å²) in [7, 11) is 1.62. The molecule has 0 saturated heterocycles. The maximum absolute atomic E-state index is 11.0. The van der Waals surface area contributed by atoms with E-state index in [-0.39, 0.29) is 24.5 Å². The highest BCUT2D eigenvalue weighted by Gasteiger charge is 2.20. The van der Waals surface area contributed by atoms with Gasteiger partial charge in [-0.15, -0.1) is 11.6 Å². The van der Waals surface area contributed by atoms with Gasteiger partial charge >= 0.3 is 11.7 Å². The molecule has 0 radical (unpaired) electrons. The maximum Gasteiger partial charge on any atom is 0.317 e. The molecule has 1 aromatic carbocycles. The van der Waals surface area contributed by atoms with Gasteiger partial charge in [0.05, 0.1) is 23.5 Å². The highest BCUT2D eigenvalue weighted by Crippen LogP contribution is 2.32. The van der Waals surface area contributed by atoms with Crippen molar-refractivity contribution in [3.63, 3.8) is 0 Å². The van der Waals surface area contributed by atoms with Crippen LogP contribution >= 0.6 is 11.6 Å². The van der Waals surface area contributed by atoms with Gasteiger partial charge < -0.3 is 9.84 Å². The second-order valence-corrected chi connectivity index (χ2v) is 5.00. The van der Waals surface area contributed by atoms with E-state index in [4.69, 9.17) is 21.4 Å². The monoisotopic (exact) mass is 316 g/mol. The molecule has 1 unspecified atom stereocenters. The van der Waals surface area contributed by atoms with Crippen molar-refractivity contribution in [2.45, 2.75) is 12.3 Å². The van der Waals surface area contributed by atoms with Crippen LogP contribution in [0.2, 0.25) is 0 Å². The number of rotatable bonds is 8. The molecule has 0 amide bonds. The van der Waals surface area contributed by atoms with E-state index in [0.29, 0.717) is 12.2 Å². The lowest BCUT2D eigenvalue weighted by molar-refractivity contribution is -0.385. The molecule has 0 aliphatic carbocycles. The first-order chi connectivity index (χ1) is 9.85. The summed E-state index contributed by atoms with van der Waals surface area (Å²) in [5.41, 5.74) is 0.393. The maximum atomic E-state index is 11.0. The van der Waals surface area contributed by atoms with Gasteiger partial charge in [0.2, 0.25) is 0 Å². The average Bonchev–Trinajstić information content (AvgIpc) is 2.37. The van der Waals surface area contributed by atoms with Crippen LogP contribution in [-0.2, 0) is 4.79 Å². The van der Waals surface area contributed by atoms with Gasteiger partial charge in [-0.25, -0.2) is 0 Å². The second kappa shape index (κ2) is 7.80. The minimum atomic E-state index is -0.959. The predicted octanol–water partition coefficient (Wildman–Crippen LogP) is 2.29. The van der Waals surface area contributed by atoms with Crippen LogP contribution in [0.15, 0.2) is 18.2 Å². The number of carbonyl (C=O) groups is 1. The van der Waals surface area contributed by atoms with Crippen LogP contribution < -0.4 is 4.74 Å². The number of nitrogens with zero attached hydrogens (tertiary/aromatic N) is 2. The van der Waals surface area contributed by atoms with Crippen LogP contribution in [-0.4, -0.2) is 47.6 Å². The summed E-state index contributed by atoms with van der Waals surface area (Å²) in [4.78, 5) is 22.6. The lowest BCUT2D eigenvalue weighted by Gasteiger charge is -2.18. The largest absolute Gasteiger partial charge is 0.487 e. The fourth-order valence-corrected chi connectivity index (χ4v) is 2.20. The molecule has 0 spiro atoms. The Hall–Kier alpha value is -1.86. The van der Waals surface area contributed by atoms with E-state index >= 15 is 0 Å². The van der Waals surface area contributed by atoms with Crippen LogP contribution in [0.4, 0.5) is 5.69 Å². The van der Waals surface area contributed by atoms with Crippen LogP contribution in [0.25, 0.3) is 0 Å². The molecule has 116 valence electrons. The number of nitro groups is 1. The highest BCUT2D eigenvalue weighted by molar-refractivity contribution is 6.21. The summed E-state index contributed by atoms with van der Waals surface area (Å²) in [5.74, 6) is -0.770. The lowest BCUT2D eigenvalue weighted by Crippen LogP contribution is -2.28. The molecule has 1 N–H and O–H groups in total. The summed E-state index contributed by atoms with van der Waals surface area (Å²) in [5, 5.41) is 19.2. The zero-order chi connectivity index (χ0) is 16.0. The van der Waals surface area contributed by atoms with Gasteiger partial charge in [0.25, 0.3) is 0 Å². The molecule has 0 aliphatic heterocycles. The summed E-state index contributed by atoms with van der Waals surface area (Å²) >= 11 is 6.19. The molecule has 7 nitrogen and oxygen atoms in total. The van der Waals surface area contributed by atoms with Crippen LogP contribution in [0, 0.1) is 10.1 Å². The Morgan fingerprint density at radius 2 is 2.24 bits per heavy atom. The predicted molar refractivity (Wildman–Crippen MR) is 78.0 cm³/mol. The Morgan fingerprint density at radius 1 is 1.57 bits per heavy atom. The van der Waals surface area contributed by atoms with Gasteiger partial charge in [-0.2, -0.15) is 0 Å². The molecule has 1 rings (SSSR count). The molecule has 8 heteroatoms. The van der Waals surface area contributed by atoms with Crippen LogP contribution in [0.5, 0.6) is 5.75 Å². The summed E-state index contributed by atoms with van der Waals surface area (Å²) in [6, 6.07) is 4.51. The number of carboxylic acid groups (broad SMARTS) is 1. The quantitative estimate of drug-likeness (QED) is 0.449. The van der Waals surface area contributed by atoms with Crippen molar-refractivity contribution in [3.8, 4) is 5.75 Å². The fraction of sp³-hybridized carbons (Fsp3) is 0.462. The van der Waals surface area contributed by atoms with Crippen molar-refractivity contribution >= 4 is 23.3 Å². The van der Waals surface area contributed by atoms with Crippen molar-refractivity contribution in [2.24, 2.45) is 0 Å². The number of nitro benzene ring substituents is 1. The Balaban J connectivity index is 2.90. The van der Waals surface area contributed by atoms with E-state index in [1.165, 1.54) is 17.0 Å². The van der Waals surface area contributed by atoms with E-state index in [2.05, 4.69) is 0 Å². The first-order valence-electron chi connectivity index (χ1n) is 6.30. The van der Waals surface area contributed by atoms with E-state index in [0.717, 1.165) is 0 Å². The average molecular weight is 317 g/mol. The zero-order valence-electron chi connectivity index (χ0n) is 11.8. The number of hydrogen-bond donors (Lipinski definition) is 1. The molecule has 0 saturated carbocycles. The van der Waals surface area contributed by atoms with E-state index in [9.17, 15) is 14.9 Å². The zero-order valence-corrected chi connectivity index (χ0v) is 12.5. The fourth-order valence-electron chi connectivity index (χ4n) is 1.82. The first kappa shape index (κ1) is 17.2. The smallest absolute Gasteiger partial charge is 0.317 e. The molecule has 0 aromatic heterocycles. The van der Waals surface area contributed by atoms with Gasteiger partial charge in [0, 0.05) is 12.6 Å². The van der Waals surface area contributed by atoms with E-state index < -0.39 is 16.3 Å². The van der Waals surface area contributed by atoms with Gasteiger partial charge in [-0.05, 0) is 25.6 Å². The van der Waals surface area contributed by atoms with Crippen molar-refractivity contribution < 1.29 is 19.6 Å². The molecule has 0 bridgehead atoms. The van der Waals surface area contributed by atoms with E-state index in [1.54, 1.807) is 20.0 Å². The number of benzene rings is 1. The van der Waals surface area contributed by atoms with Crippen LogP contribution in [0.1, 0.15) is 17.9 Å². The van der Waals surface area contributed by atoms with Crippen molar-refractivity contribution in [1.29, 1.82) is 0 Å². The Kier molecular flexibility index (Phi) is 6.39. The SMILES string of the molecule is CCOc1ccc(C(Cl)CN(C)CC(=O)O)cc1[N+](=O)[O-].